The number of hydrogen-bond donors (Lipinski definition) is 0. The van der Waals surface area contributed by atoms with Crippen molar-refractivity contribution in [1.29, 1.82) is 0 Å². The zero-order valence-corrected chi connectivity index (χ0v) is 16.9. The van der Waals surface area contributed by atoms with E-state index >= 15 is 0 Å². The van der Waals surface area contributed by atoms with Crippen LogP contribution in [0.5, 0.6) is 5.75 Å². The third-order valence-electron chi connectivity index (χ3n) is 5.16. The summed E-state index contributed by atoms with van der Waals surface area (Å²) in [5.74, 6) is 0.134. The molecule has 4 nitrogen and oxygen atoms in total. The average Bonchev–Trinajstić information content (AvgIpc) is 2.99. The van der Waals surface area contributed by atoms with E-state index in [1.807, 2.05) is 55.5 Å². The molecule has 4 rings (SSSR count). The van der Waals surface area contributed by atoms with Crippen molar-refractivity contribution in [2.45, 2.75) is 19.6 Å². The lowest BCUT2D eigenvalue weighted by atomic mass is 9.98. The van der Waals surface area contributed by atoms with Crippen molar-refractivity contribution >= 4 is 5.91 Å². The molecule has 0 radical (unpaired) electrons. The van der Waals surface area contributed by atoms with Gasteiger partial charge in [-0.25, -0.2) is 4.39 Å². The lowest BCUT2D eigenvalue weighted by molar-refractivity contribution is 0.0732. The zero-order valence-electron chi connectivity index (χ0n) is 16.9. The minimum Gasteiger partial charge on any atom is -0.491 e. The van der Waals surface area contributed by atoms with Crippen molar-refractivity contribution in [2.75, 3.05) is 19.8 Å². The Morgan fingerprint density at radius 3 is 2.67 bits per heavy atom. The van der Waals surface area contributed by atoms with Crippen LogP contribution < -0.4 is 4.74 Å². The molecule has 1 heterocycles. The molecule has 1 amide bonds. The summed E-state index contributed by atoms with van der Waals surface area (Å²) in [6, 6.07) is 21.8. The van der Waals surface area contributed by atoms with E-state index in [0.29, 0.717) is 31.9 Å². The molecule has 154 valence electrons. The molecule has 0 N–H and O–H groups in total. The second-order valence-corrected chi connectivity index (χ2v) is 7.20. The van der Waals surface area contributed by atoms with E-state index in [4.69, 9.17) is 9.47 Å². The minimum absolute atomic E-state index is 0.197. The van der Waals surface area contributed by atoms with Gasteiger partial charge in [-0.2, -0.15) is 0 Å². The SMILES string of the molecule is CCOC(c1ccccc1)c1ccc2c(c1)CN(C(=O)c1cccc(F)c1)CCO2. The summed E-state index contributed by atoms with van der Waals surface area (Å²) in [6.45, 7) is 3.78. The smallest absolute Gasteiger partial charge is 0.254 e. The number of ether oxygens (including phenoxy) is 2. The normalized spacial score (nSPS) is 14.4. The highest BCUT2D eigenvalue weighted by Crippen LogP contribution is 2.32. The Kier molecular flexibility index (Phi) is 6.10. The number of benzene rings is 3. The maximum absolute atomic E-state index is 13.6. The van der Waals surface area contributed by atoms with Crippen LogP contribution in [0, 0.1) is 5.82 Å². The van der Waals surface area contributed by atoms with Gasteiger partial charge < -0.3 is 14.4 Å². The maximum atomic E-state index is 13.6. The first-order chi connectivity index (χ1) is 14.7. The summed E-state index contributed by atoms with van der Waals surface area (Å²) in [5, 5.41) is 0. The number of rotatable bonds is 5. The summed E-state index contributed by atoms with van der Waals surface area (Å²) in [4.78, 5) is 14.6. The Hall–Kier alpha value is -3.18. The minimum atomic E-state index is -0.419. The van der Waals surface area contributed by atoms with Gasteiger partial charge in [0.2, 0.25) is 0 Å². The van der Waals surface area contributed by atoms with Gasteiger partial charge in [-0.05, 0) is 48.4 Å². The van der Waals surface area contributed by atoms with E-state index < -0.39 is 5.82 Å². The number of carbonyl (C=O) groups is 1. The Balaban J connectivity index is 1.63. The Morgan fingerprint density at radius 2 is 1.90 bits per heavy atom. The number of fused-ring (bicyclic) bond motifs is 1. The van der Waals surface area contributed by atoms with Crippen molar-refractivity contribution in [1.82, 2.24) is 4.90 Å². The van der Waals surface area contributed by atoms with Crippen LogP contribution in [-0.2, 0) is 11.3 Å². The molecule has 0 aliphatic carbocycles. The highest BCUT2D eigenvalue weighted by Gasteiger charge is 2.23. The fourth-order valence-electron chi connectivity index (χ4n) is 3.73. The average molecular weight is 405 g/mol. The van der Waals surface area contributed by atoms with Gasteiger partial charge in [-0.1, -0.05) is 42.5 Å². The van der Waals surface area contributed by atoms with Crippen LogP contribution in [0.15, 0.2) is 72.8 Å². The van der Waals surface area contributed by atoms with Crippen molar-refractivity contribution in [2.24, 2.45) is 0 Å². The fraction of sp³-hybridized carbons (Fsp3) is 0.240. The van der Waals surface area contributed by atoms with Gasteiger partial charge in [0.25, 0.3) is 5.91 Å². The lowest BCUT2D eigenvalue weighted by Crippen LogP contribution is -2.32. The quantitative estimate of drug-likeness (QED) is 0.601. The number of halogens is 1. The molecule has 30 heavy (non-hydrogen) atoms. The van der Waals surface area contributed by atoms with Gasteiger partial charge in [0.05, 0.1) is 6.54 Å². The van der Waals surface area contributed by atoms with Gasteiger partial charge in [0, 0.05) is 24.3 Å². The second-order valence-electron chi connectivity index (χ2n) is 7.20. The van der Waals surface area contributed by atoms with Crippen LogP contribution in [0.2, 0.25) is 0 Å². The summed E-state index contributed by atoms with van der Waals surface area (Å²) in [6.07, 6.45) is -0.197. The highest BCUT2D eigenvalue weighted by atomic mass is 19.1. The van der Waals surface area contributed by atoms with Crippen LogP contribution >= 0.6 is 0 Å². The maximum Gasteiger partial charge on any atom is 0.254 e. The largest absolute Gasteiger partial charge is 0.491 e. The molecule has 1 aliphatic rings. The predicted octanol–water partition coefficient (Wildman–Crippen LogP) is 4.99. The molecule has 0 aromatic heterocycles. The molecule has 1 aliphatic heterocycles. The standard InChI is InChI=1S/C25H24FNO3/c1-2-29-24(18-7-4-3-5-8-18)19-11-12-23-21(15-19)17-27(13-14-30-23)25(28)20-9-6-10-22(26)16-20/h3-12,15-16,24H,2,13-14,17H2,1H3. The van der Waals surface area contributed by atoms with Crippen molar-refractivity contribution in [3.63, 3.8) is 0 Å². The van der Waals surface area contributed by atoms with Crippen LogP contribution in [0.1, 0.15) is 40.1 Å². The van der Waals surface area contributed by atoms with E-state index in [2.05, 4.69) is 0 Å². The molecule has 3 aromatic carbocycles. The molecule has 1 atom stereocenters. The molecule has 0 bridgehead atoms. The van der Waals surface area contributed by atoms with Gasteiger partial charge in [0.1, 0.15) is 24.3 Å². The summed E-state index contributed by atoms with van der Waals surface area (Å²) < 4.78 is 25.5. The van der Waals surface area contributed by atoms with Gasteiger partial charge in [-0.3, -0.25) is 4.79 Å². The van der Waals surface area contributed by atoms with Gasteiger partial charge >= 0.3 is 0 Å². The fourth-order valence-corrected chi connectivity index (χ4v) is 3.73. The first-order valence-corrected chi connectivity index (χ1v) is 10.1. The third-order valence-corrected chi connectivity index (χ3v) is 5.16. The monoisotopic (exact) mass is 405 g/mol. The topological polar surface area (TPSA) is 38.8 Å². The first kappa shape index (κ1) is 20.1. The molecule has 0 spiro atoms. The van der Waals surface area contributed by atoms with E-state index in [0.717, 1.165) is 22.4 Å². The number of amides is 1. The second kappa shape index (κ2) is 9.09. The Labute approximate surface area is 175 Å². The van der Waals surface area contributed by atoms with Gasteiger partial charge in [-0.15, -0.1) is 0 Å². The highest BCUT2D eigenvalue weighted by molar-refractivity contribution is 5.94. The predicted molar refractivity (Wildman–Crippen MR) is 113 cm³/mol. The third kappa shape index (κ3) is 4.36. The van der Waals surface area contributed by atoms with Crippen LogP contribution in [0.3, 0.4) is 0 Å². The van der Waals surface area contributed by atoms with Crippen molar-refractivity contribution in [3.05, 3.63) is 101 Å². The zero-order chi connectivity index (χ0) is 20.9. The van der Waals surface area contributed by atoms with Crippen LogP contribution in [-0.4, -0.2) is 30.6 Å². The summed E-state index contributed by atoms with van der Waals surface area (Å²) >= 11 is 0. The molecule has 0 saturated carbocycles. The van der Waals surface area contributed by atoms with Crippen molar-refractivity contribution in [3.8, 4) is 5.75 Å². The molecule has 0 fully saturated rings. The lowest BCUT2D eigenvalue weighted by Gasteiger charge is -2.22. The Bertz CT molecular complexity index is 1020. The van der Waals surface area contributed by atoms with Gasteiger partial charge in [0.15, 0.2) is 0 Å². The van der Waals surface area contributed by atoms with E-state index in [1.54, 1.807) is 17.0 Å². The number of carbonyl (C=O) groups excluding carboxylic acids is 1. The summed E-state index contributed by atoms with van der Waals surface area (Å²) in [7, 11) is 0. The molecular formula is C25H24FNO3. The van der Waals surface area contributed by atoms with Crippen molar-refractivity contribution < 1.29 is 18.7 Å². The van der Waals surface area contributed by atoms with Crippen LogP contribution in [0.25, 0.3) is 0 Å². The van der Waals surface area contributed by atoms with Crippen LogP contribution in [0.4, 0.5) is 4.39 Å². The molecule has 1 unspecified atom stereocenters. The van der Waals surface area contributed by atoms with E-state index in [1.165, 1.54) is 12.1 Å². The number of nitrogens with zero attached hydrogens (tertiary/aromatic N) is 1. The van der Waals surface area contributed by atoms with E-state index in [-0.39, 0.29) is 12.0 Å². The molecule has 3 aromatic rings. The molecule has 5 heteroatoms. The van der Waals surface area contributed by atoms with E-state index in [9.17, 15) is 9.18 Å². The first-order valence-electron chi connectivity index (χ1n) is 10.1. The molecular weight excluding hydrogens is 381 g/mol. The summed E-state index contributed by atoms with van der Waals surface area (Å²) in [5.41, 5.74) is 3.33. The number of hydrogen-bond acceptors (Lipinski definition) is 3. The molecule has 0 saturated heterocycles. The Morgan fingerprint density at radius 1 is 1.07 bits per heavy atom.